The van der Waals surface area contributed by atoms with Crippen molar-refractivity contribution in [3.8, 4) is 145 Å². The number of para-hydroxylation sites is 6. The Morgan fingerprint density at radius 3 is 0.580 bits per heavy atom. The van der Waals surface area contributed by atoms with Crippen molar-refractivity contribution in [2.24, 2.45) is 0 Å². The van der Waals surface area contributed by atoms with Gasteiger partial charge in [-0.1, -0.05) is 425 Å². The number of nitrogens with zero attached hydrogens (tertiary/aromatic N) is 4. The molecule has 0 spiro atoms. The zero-order chi connectivity index (χ0) is 99.3. The molecule has 0 amide bonds. The number of fused-ring (bicyclic) bond motifs is 12. The molecule has 0 aliphatic rings. The molecule has 0 saturated heterocycles. The molecule has 150 heavy (non-hydrogen) atoms. The molecule has 28 aromatic rings. The molecule has 6 heteroatoms. The van der Waals surface area contributed by atoms with Crippen LogP contribution in [0.4, 0.5) is 34.1 Å². The van der Waals surface area contributed by atoms with Crippen LogP contribution in [-0.4, -0.2) is 9.13 Å². The van der Waals surface area contributed by atoms with Crippen LogP contribution in [0.15, 0.2) is 591 Å². The van der Waals surface area contributed by atoms with E-state index in [0.717, 1.165) is 151 Å². The second-order valence-electron chi connectivity index (χ2n) is 38.6. The Morgan fingerprint density at radius 2 is 0.300 bits per heavy atom. The SMILES string of the molecule is c1ccc(-c2ccc(-c3ccc(N(c4ccc(-c5ccc(-c6cccc(-n7c8ccccc8c8ccccc87)c6)cc5)cc4)c4ccc(-c5ccc(-c6ccc7c(c6)oc6ccccc67)cc5)cc4)cc3)cc2)cc1.c1ccc(-c2ccc(-c3cccc(N(c4ccc(-c5ccc(-c6cccc(-n7c8ccccc8c8ccccc87)c6)cc5)cc4)c4ccc(-c5ccc(-c6ccc7c(c6)oc6ccccc67)cc5)cc4)c3)cc2)cc1. The maximum Gasteiger partial charge on any atom is 0.136 e. The molecule has 0 aliphatic carbocycles. The Kier molecular flexibility index (Phi) is 22.9. The number of benzene rings is 24. The van der Waals surface area contributed by atoms with Crippen LogP contribution in [0.3, 0.4) is 0 Å². The van der Waals surface area contributed by atoms with Gasteiger partial charge in [0.2, 0.25) is 0 Å². The average molecular weight is 1910 g/mol. The van der Waals surface area contributed by atoms with Crippen molar-refractivity contribution in [1.29, 1.82) is 0 Å². The first-order valence-electron chi connectivity index (χ1n) is 51.3. The second kappa shape index (κ2) is 38.6. The van der Waals surface area contributed by atoms with Gasteiger partial charge in [-0.05, 0) is 291 Å². The zero-order valence-electron chi connectivity index (χ0n) is 82.0. The quantitative estimate of drug-likeness (QED) is 0.0763. The van der Waals surface area contributed by atoms with Gasteiger partial charge in [0.25, 0.3) is 0 Å². The molecule has 24 aromatic carbocycles. The van der Waals surface area contributed by atoms with E-state index >= 15 is 0 Å². The molecular formula is C144H96N4O2. The fourth-order valence-corrected chi connectivity index (χ4v) is 22.0. The van der Waals surface area contributed by atoms with E-state index in [9.17, 15) is 0 Å². The predicted octanol–water partition coefficient (Wildman–Crippen LogP) is 40.3. The van der Waals surface area contributed by atoms with Gasteiger partial charge in [-0.2, -0.15) is 0 Å². The largest absolute Gasteiger partial charge is 0.456 e. The lowest BCUT2D eigenvalue weighted by molar-refractivity contribution is 0.668. The van der Waals surface area contributed by atoms with Gasteiger partial charge in [0.15, 0.2) is 0 Å². The third kappa shape index (κ3) is 17.1. The van der Waals surface area contributed by atoms with Crippen LogP contribution in [0.25, 0.3) is 232 Å². The highest BCUT2D eigenvalue weighted by molar-refractivity contribution is 6.12. The summed E-state index contributed by atoms with van der Waals surface area (Å²) in [5.41, 5.74) is 45.4. The minimum atomic E-state index is 0.905. The maximum absolute atomic E-state index is 6.22. The van der Waals surface area contributed by atoms with Crippen molar-refractivity contribution in [2.45, 2.75) is 0 Å². The molecule has 0 radical (unpaired) electrons. The number of aromatic nitrogens is 2. The van der Waals surface area contributed by atoms with Crippen molar-refractivity contribution in [2.75, 3.05) is 9.80 Å². The first-order chi connectivity index (χ1) is 74.3. The normalized spacial score (nSPS) is 11.5. The predicted molar refractivity (Wildman–Crippen MR) is 631 cm³/mol. The molecule has 4 heterocycles. The number of rotatable bonds is 20. The van der Waals surface area contributed by atoms with Crippen molar-refractivity contribution in [3.05, 3.63) is 582 Å². The lowest BCUT2D eigenvalue weighted by Gasteiger charge is -2.26. The van der Waals surface area contributed by atoms with Gasteiger partial charge in [0.1, 0.15) is 22.3 Å². The minimum Gasteiger partial charge on any atom is -0.456 e. The molecule has 28 rings (SSSR count). The highest BCUT2D eigenvalue weighted by Gasteiger charge is 2.23. The van der Waals surface area contributed by atoms with E-state index < -0.39 is 0 Å². The fraction of sp³-hybridized carbons (Fsp3) is 0. The Labute approximate surface area is 870 Å². The van der Waals surface area contributed by atoms with Gasteiger partial charge < -0.3 is 27.8 Å². The van der Waals surface area contributed by atoms with Crippen LogP contribution >= 0.6 is 0 Å². The van der Waals surface area contributed by atoms with Gasteiger partial charge in [-0.15, -0.1) is 0 Å². The van der Waals surface area contributed by atoms with Gasteiger partial charge >= 0.3 is 0 Å². The summed E-state index contributed by atoms with van der Waals surface area (Å²) in [5.74, 6) is 0. The van der Waals surface area contributed by atoms with Crippen LogP contribution < -0.4 is 9.80 Å². The molecule has 4 aromatic heterocycles. The van der Waals surface area contributed by atoms with Crippen molar-refractivity contribution >= 4 is 122 Å². The summed E-state index contributed by atoms with van der Waals surface area (Å²) in [6, 6.07) is 210. The molecule has 0 atom stereocenters. The van der Waals surface area contributed by atoms with E-state index in [4.69, 9.17) is 8.83 Å². The fourth-order valence-electron chi connectivity index (χ4n) is 22.0. The highest BCUT2D eigenvalue weighted by Crippen LogP contribution is 2.46. The lowest BCUT2D eigenvalue weighted by atomic mass is 9.98. The third-order valence-electron chi connectivity index (χ3n) is 29.7. The zero-order valence-corrected chi connectivity index (χ0v) is 82.0. The molecule has 0 bridgehead atoms. The van der Waals surface area contributed by atoms with Gasteiger partial charge in [0.05, 0.1) is 22.1 Å². The van der Waals surface area contributed by atoms with E-state index in [1.165, 1.54) is 116 Å². The maximum atomic E-state index is 6.22. The summed E-state index contributed by atoms with van der Waals surface area (Å²) >= 11 is 0. The van der Waals surface area contributed by atoms with E-state index in [2.05, 4.69) is 577 Å². The van der Waals surface area contributed by atoms with Crippen LogP contribution in [0.2, 0.25) is 0 Å². The van der Waals surface area contributed by atoms with E-state index in [-0.39, 0.29) is 0 Å². The van der Waals surface area contributed by atoms with Gasteiger partial charge in [0, 0.05) is 88.6 Å². The number of hydrogen-bond donors (Lipinski definition) is 0. The van der Waals surface area contributed by atoms with E-state index in [0.29, 0.717) is 0 Å². The molecule has 0 aliphatic heterocycles. The standard InChI is InChI=1S/2C72H48N2O/c1-2-12-49(13-3-1)50-24-30-55(31-25-50)58-14-10-16-63(46-58)73(62-43-38-54(39-44-62)52-28-34-57(35-29-52)60-40-45-68-67-20-6-9-23-71(67)75-72(68)48-60)61-41-36-53(37-42-61)51-26-32-56(33-27-51)59-15-11-17-64(47-59)74-69-21-7-4-18-65(69)66-19-5-8-22-70(66)74;1-2-11-49(12-3-1)50-21-23-51(24-22-50)54-33-40-61(41-34-54)73(63-44-37-56(38-45-63)53-27-31-58(32-28-53)60-39-46-68-67-17-6-9-20-71(67)75-72(68)48-60)62-42-35-55(36-43-62)52-25-29-57(30-26-52)59-13-10-14-64(47-59)74-69-18-7-4-15-65(69)66-16-5-8-19-70(66)74/h2*1-48H. The second-order valence-corrected chi connectivity index (χ2v) is 38.6. The van der Waals surface area contributed by atoms with Crippen molar-refractivity contribution in [3.63, 3.8) is 0 Å². The van der Waals surface area contributed by atoms with Gasteiger partial charge in [-0.25, -0.2) is 0 Å². The number of hydrogen-bond acceptors (Lipinski definition) is 4. The first kappa shape index (κ1) is 89.0. The van der Waals surface area contributed by atoms with E-state index in [1.807, 2.05) is 24.3 Å². The Hall–Kier alpha value is -19.9. The third-order valence-corrected chi connectivity index (χ3v) is 29.7. The molecule has 6 nitrogen and oxygen atoms in total. The highest BCUT2D eigenvalue weighted by atomic mass is 16.3. The molecular weight excluding hydrogens is 1820 g/mol. The average Bonchev–Trinajstić information content (AvgIpc) is 1.60. The topological polar surface area (TPSA) is 42.6 Å². The van der Waals surface area contributed by atoms with Crippen molar-refractivity contribution in [1.82, 2.24) is 9.13 Å². The number of furan rings is 2. The molecule has 0 unspecified atom stereocenters. The molecule has 704 valence electrons. The summed E-state index contributed by atoms with van der Waals surface area (Å²) in [4.78, 5) is 4.71. The molecule has 0 saturated carbocycles. The summed E-state index contributed by atoms with van der Waals surface area (Å²) in [7, 11) is 0. The van der Waals surface area contributed by atoms with E-state index in [1.54, 1.807) is 0 Å². The minimum absolute atomic E-state index is 0.905. The summed E-state index contributed by atoms with van der Waals surface area (Å²) in [5, 5.41) is 9.63. The van der Waals surface area contributed by atoms with Gasteiger partial charge in [-0.3, -0.25) is 0 Å². The smallest absolute Gasteiger partial charge is 0.136 e. The Morgan fingerprint density at radius 1 is 0.113 bits per heavy atom. The van der Waals surface area contributed by atoms with Crippen LogP contribution in [-0.2, 0) is 0 Å². The Bertz CT molecular complexity index is 9730. The lowest BCUT2D eigenvalue weighted by Crippen LogP contribution is -2.10. The van der Waals surface area contributed by atoms with Crippen LogP contribution in [0.1, 0.15) is 0 Å². The van der Waals surface area contributed by atoms with Crippen LogP contribution in [0.5, 0.6) is 0 Å². The first-order valence-corrected chi connectivity index (χ1v) is 51.3. The number of anilines is 6. The summed E-state index contributed by atoms with van der Waals surface area (Å²) in [6.45, 7) is 0. The monoisotopic (exact) mass is 1910 g/mol. The molecule has 0 fully saturated rings. The molecule has 0 N–H and O–H groups in total. The summed E-state index contributed by atoms with van der Waals surface area (Å²) < 4.78 is 17.2. The van der Waals surface area contributed by atoms with Crippen molar-refractivity contribution < 1.29 is 8.83 Å². The van der Waals surface area contributed by atoms with Crippen LogP contribution in [0, 0.1) is 0 Å². The summed E-state index contributed by atoms with van der Waals surface area (Å²) in [6.07, 6.45) is 0. The Balaban J connectivity index is 0.000000148.